The fraction of sp³-hybridized carbons (Fsp3) is 0.179. The van der Waals surface area contributed by atoms with E-state index in [4.69, 9.17) is 16.6 Å². The third kappa shape index (κ3) is 6.38. The smallest absolute Gasteiger partial charge is 0.111 e. The van der Waals surface area contributed by atoms with Gasteiger partial charge in [0.1, 0.15) is 5.00 Å². The highest BCUT2D eigenvalue weighted by Gasteiger charge is 2.28. The largest absolute Gasteiger partial charge is 0.381 e. The summed E-state index contributed by atoms with van der Waals surface area (Å²) in [5, 5.41) is 5.04. The molecule has 0 saturated heterocycles. The van der Waals surface area contributed by atoms with Crippen LogP contribution in [0.15, 0.2) is 96.9 Å². The fourth-order valence-corrected chi connectivity index (χ4v) is 6.97. The van der Waals surface area contributed by atoms with Crippen molar-refractivity contribution in [2.45, 2.75) is 39.7 Å². The number of anilines is 1. The Kier molecular flexibility index (Phi) is 8.76. The molecular weight excluding hydrogens is 592 g/mol. The van der Waals surface area contributed by atoms with Crippen LogP contribution in [0.2, 0.25) is 5.02 Å². The van der Waals surface area contributed by atoms with Crippen LogP contribution in [0.4, 0.5) is 5.00 Å². The molecule has 2 aliphatic rings. The highest BCUT2D eigenvalue weighted by Crippen LogP contribution is 2.42. The molecule has 6 rings (SSSR count). The van der Waals surface area contributed by atoms with Crippen molar-refractivity contribution in [3.63, 3.8) is 0 Å². The predicted octanol–water partition coefficient (Wildman–Crippen LogP) is 8.66. The number of aliphatic imine (C=N–C) groups is 1. The van der Waals surface area contributed by atoms with E-state index >= 15 is 0 Å². The van der Waals surface area contributed by atoms with Crippen molar-refractivity contribution >= 4 is 39.3 Å². The molecular formula is C39H33ClN4S. The number of hydrogen-bond donors (Lipinski definition) is 1. The number of fused-ring (bicyclic) bond motifs is 2. The summed E-state index contributed by atoms with van der Waals surface area (Å²) >= 11 is 7.83. The number of nitrogens with zero attached hydrogens (tertiary/aromatic N) is 3. The molecule has 1 N–H and O–H groups in total. The molecule has 0 atom stereocenters. The number of aryl methyl sites for hydroxylation is 1. The Morgan fingerprint density at radius 2 is 1.89 bits per heavy atom. The van der Waals surface area contributed by atoms with Crippen molar-refractivity contribution in [1.29, 1.82) is 0 Å². The number of benzene rings is 2. The van der Waals surface area contributed by atoms with Crippen LogP contribution >= 0.6 is 22.9 Å². The van der Waals surface area contributed by atoms with E-state index in [1.165, 1.54) is 11.1 Å². The van der Waals surface area contributed by atoms with Gasteiger partial charge in [-0.15, -0.1) is 11.3 Å². The predicted molar refractivity (Wildman–Crippen MR) is 190 cm³/mol. The van der Waals surface area contributed by atoms with Gasteiger partial charge in [-0.25, -0.2) is 0 Å². The van der Waals surface area contributed by atoms with E-state index in [-0.39, 0.29) is 0 Å². The maximum Gasteiger partial charge on any atom is 0.111 e. The number of allylic oxidation sites excluding steroid dienone is 1. The Balaban J connectivity index is 1.17. The first kappa shape index (κ1) is 30.2. The van der Waals surface area contributed by atoms with Crippen LogP contribution in [0.3, 0.4) is 0 Å². The van der Waals surface area contributed by atoms with E-state index in [0.29, 0.717) is 11.6 Å². The summed E-state index contributed by atoms with van der Waals surface area (Å²) in [6.45, 7) is 18.0. The topological polar surface area (TPSA) is 40.5 Å². The summed E-state index contributed by atoms with van der Waals surface area (Å²) in [5.74, 6) is 13.4. The summed E-state index contributed by atoms with van der Waals surface area (Å²) in [6, 6.07) is 18.2. The zero-order valence-corrected chi connectivity index (χ0v) is 27.1. The minimum atomic E-state index is 0.486. The van der Waals surface area contributed by atoms with Crippen molar-refractivity contribution in [3.8, 4) is 23.7 Å². The molecule has 0 unspecified atom stereocenters. The molecule has 0 spiro atoms. The van der Waals surface area contributed by atoms with E-state index in [9.17, 15) is 0 Å². The van der Waals surface area contributed by atoms with Gasteiger partial charge < -0.3 is 10.2 Å². The summed E-state index contributed by atoms with van der Waals surface area (Å²) in [4.78, 5) is 12.7. The van der Waals surface area contributed by atoms with Crippen molar-refractivity contribution in [1.82, 2.24) is 10.3 Å². The second kappa shape index (κ2) is 13.0. The first-order chi connectivity index (χ1) is 21.8. The molecule has 6 heteroatoms. The third-order valence-corrected chi connectivity index (χ3v) is 9.33. The molecule has 0 saturated carbocycles. The van der Waals surface area contributed by atoms with Crippen molar-refractivity contribution in [3.05, 3.63) is 146 Å². The first-order valence-electron chi connectivity index (χ1n) is 14.9. The van der Waals surface area contributed by atoms with Gasteiger partial charge in [0.15, 0.2) is 0 Å². The normalized spacial score (nSPS) is 13.4. The SMILES string of the molecule is C=C1NCc2c(C#CCCCc3ccc(C#Cc4sc5c(c4C)C(c4ccc(Cl)cc4)=NCC(=C)N5C(=C)C)cn3)cccc21. The van der Waals surface area contributed by atoms with Crippen molar-refractivity contribution in [2.24, 2.45) is 4.99 Å². The zero-order valence-electron chi connectivity index (χ0n) is 25.6. The minimum Gasteiger partial charge on any atom is -0.381 e. The van der Waals surface area contributed by atoms with Crippen LogP contribution in [0.5, 0.6) is 0 Å². The molecule has 0 aliphatic carbocycles. The lowest BCUT2D eigenvalue weighted by atomic mass is 9.99. The standard InChI is InChI=1S/C39H33ClN4S/c1-25(2)44-26(3)22-43-38(31-16-18-32(40)19-17-31)37-27(4)36(45-39(37)44)21-15-29-14-20-33(42-23-29)12-8-6-7-10-30-11-9-13-34-28(5)41-24-35(30)34/h9,11,13-14,16-20,23,41H,1,3,5-6,8,12,22,24H2,2,4H3. The number of unbranched alkanes of at least 4 members (excludes halogenated alkanes) is 1. The van der Waals surface area contributed by atoms with Crippen molar-refractivity contribution in [2.75, 3.05) is 11.4 Å². The molecule has 4 heterocycles. The lowest BCUT2D eigenvalue weighted by Crippen LogP contribution is -2.19. The Labute approximate surface area is 274 Å². The number of rotatable bonds is 5. The molecule has 0 bridgehead atoms. The maximum absolute atomic E-state index is 6.19. The van der Waals surface area contributed by atoms with Crippen LogP contribution in [-0.2, 0) is 13.0 Å². The number of nitrogens with one attached hydrogen (secondary N) is 1. The molecule has 2 aromatic heterocycles. The quantitative estimate of drug-likeness (QED) is 0.178. The van der Waals surface area contributed by atoms with Crippen LogP contribution < -0.4 is 10.2 Å². The second-order valence-corrected chi connectivity index (χ2v) is 12.6. The van der Waals surface area contributed by atoms with Gasteiger partial charge in [-0.3, -0.25) is 9.98 Å². The number of pyridine rings is 1. The molecule has 2 aromatic carbocycles. The Morgan fingerprint density at radius 3 is 2.64 bits per heavy atom. The zero-order chi connectivity index (χ0) is 31.5. The minimum absolute atomic E-state index is 0.486. The molecule has 222 valence electrons. The number of thiophene rings is 1. The average Bonchev–Trinajstić information content (AvgIpc) is 3.52. The number of hydrogen-bond acceptors (Lipinski definition) is 5. The van der Waals surface area contributed by atoms with E-state index < -0.39 is 0 Å². The molecule has 0 fully saturated rings. The Bertz CT molecular complexity index is 1990. The lowest BCUT2D eigenvalue weighted by Gasteiger charge is -2.24. The van der Waals surface area contributed by atoms with E-state index in [1.54, 1.807) is 11.3 Å². The maximum atomic E-state index is 6.19. The van der Waals surface area contributed by atoms with Gasteiger partial charge in [0.25, 0.3) is 0 Å². The van der Waals surface area contributed by atoms with Gasteiger partial charge in [0.2, 0.25) is 0 Å². The van der Waals surface area contributed by atoms with Gasteiger partial charge in [-0.05, 0) is 68.1 Å². The van der Waals surface area contributed by atoms with Gasteiger partial charge in [0.05, 0.1) is 17.1 Å². The first-order valence-corrected chi connectivity index (χ1v) is 16.1. The van der Waals surface area contributed by atoms with Gasteiger partial charge in [-0.1, -0.05) is 79.3 Å². The molecule has 0 amide bonds. The van der Waals surface area contributed by atoms with Gasteiger partial charge >= 0.3 is 0 Å². The van der Waals surface area contributed by atoms with Crippen LogP contribution in [0.1, 0.15) is 69.3 Å². The monoisotopic (exact) mass is 624 g/mol. The summed E-state index contributed by atoms with van der Waals surface area (Å²) in [6.07, 6.45) is 4.50. The highest BCUT2D eigenvalue weighted by molar-refractivity contribution is 7.17. The van der Waals surface area contributed by atoms with E-state index in [1.807, 2.05) is 49.5 Å². The summed E-state index contributed by atoms with van der Waals surface area (Å²) in [7, 11) is 0. The van der Waals surface area contributed by atoms with Crippen LogP contribution in [0, 0.1) is 30.6 Å². The summed E-state index contributed by atoms with van der Waals surface area (Å²) in [5.41, 5.74) is 12.3. The van der Waals surface area contributed by atoms with Crippen molar-refractivity contribution < 1.29 is 0 Å². The molecule has 0 radical (unpaired) electrons. The molecule has 2 aliphatic heterocycles. The Morgan fingerprint density at radius 1 is 1.07 bits per heavy atom. The average molecular weight is 625 g/mol. The van der Waals surface area contributed by atoms with E-state index in [2.05, 4.69) is 83.7 Å². The molecule has 4 aromatic rings. The fourth-order valence-electron chi connectivity index (χ4n) is 5.56. The molecule has 4 nitrogen and oxygen atoms in total. The third-order valence-electron chi connectivity index (χ3n) is 7.89. The number of aromatic nitrogens is 1. The van der Waals surface area contributed by atoms with Crippen LogP contribution in [-0.4, -0.2) is 17.2 Å². The molecule has 45 heavy (non-hydrogen) atoms. The number of halogens is 1. The Hall–Kier alpha value is -4.81. The van der Waals surface area contributed by atoms with Crippen LogP contribution in [0.25, 0.3) is 5.70 Å². The summed E-state index contributed by atoms with van der Waals surface area (Å²) < 4.78 is 0. The second-order valence-electron chi connectivity index (χ2n) is 11.2. The van der Waals surface area contributed by atoms with Gasteiger partial charge in [0, 0.05) is 74.8 Å². The highest BCUT2D eigenvalue weighted by atomic mass is 35.5. The van der Waals surface area contributed by atoms with E-state index in [0.717, 1.165) is 92.0 Å². The van der Waals surface area contributed by atoms with Gasteiger partial charge in [-0.2, -0.15) is 0 Å². The lowest BCUT2D eigenvalue weighted by molar-refractivity contribution is 0.830.